The molecule has 0 aliphatic rings. The Kier molecular flexibility index (Phi) is 4.46. The van der Waals surface area contributed by atoms with Gasteiger partial charge in [0.15, 0.2) is 0 Å². The second kappa shape index (κ2) is 5.92. The molecule has 0 aliphatic heterocycles. The zero-order chi connectivity index (χ0) is 13.9. The number of thiophene rings is 1. The number of halogens is 1. The van der Waals surface area contributed by atoms with Crippen LogP contribution in [0.2, 0.25) is 5.02 Å². The molecule has 19 heavy (non-hydrogen) atoms. The Morgan fingerprint density at radius 1 is 1.37 bits per heavy atom. The van der Waals surface area contributed by atoms with Crippen LogP contribution in [-0.2, 0) is 16.6 Å². The highest BCUT2D eigenvalue weighted by Crippen LogP contribution is 2.27. The Balaban J connectivity index is 2.19. The van der Waals surface area contributed by atoms with Crippen LogP contribution in [-0.4, -0.2) is 15.5 Å². The quantitative estimate of drug-likeness (QED) is 0.922. The van der Waals surface area contributed by atoms with Gasteiger partial charge in [-0.3, -0.25) is 0 Å². The summed E-state index contributed by atoms with van der Waals surface area (Å²) in [7, 11) is -2.13. The molecule has 1 aromatic heterocycles. The summed E-state index contributed by atoms with van der Waals surface area (Å²) in [6.07, 6.45) is 0. The smallest absolute Gasteiger partial charge is 0.241 e. The molecular weight excluding hydrogens is 306 g/mol. The SMILES string of the molecule is COc1cc(S(=O)(=O)NCc2cccs2)ccc1Cl. The fourth-order valence-electron chi connectivity index (χ4n) is 1.47. The van der Waals surface area contributed by atoms with Crippen LogP contribution in [0.25, 0.3) is 0 Å². The van der Waals surface area contributed by atoms with Crippen molar-refractivity contribution in [2.24, 2.45) is 0 Å². The maximum Gasteiger partial charge on any atom is 0.241 e. The van der Waals surface area contributed by atoms with E-state index in [0.29, 0.717) is 10.8 Å². The number of hydrogen-bond donors (Lipinski definition) is 1. The molecule has 0 fully saturated rings. The molecule has 0 bridgehead atoms. The van der Waals surface area contributed by atoms with Crippen molar-refractivity contribution in [1.82, 2.24) is 4.72 Å². The molecule has 0 saturated heterocycles. The summed E-state index contributed by atoms with van der Waals surface area (Å²) >= 11 is 7.36. The highest BCUT2D eigenvalue weighted by molar-refractivity contribution is 7.89. The van der Waals surface area contributed by atoms with Gasteiger partial charge in [0.2, 0.25) is 10.0 Å². The molecule has 0 unspecified atom stereocenters. The zero-order valence-corrected chi connectivity index (χ0v) is 12.5. The summed E-state index contributed by atoms with van der Waals surface area (Å²) in [5, 5.41) is 2.27. The van der Waals surface area contributed by atoms with E-state index in [-0.39, 0.29) is 11.4 Å². The van der Waals surface area contributed by atoms with E-state index in [1.165, 1.54) is 36.6 Å². The van der Waals surface area contributed by atoms with Gasteiger partial charge < -0.3 is 4.74 Å². The fraction of sp³-hybridized carbons (Fsp3) is 0.167. The standard InChI is InChI=1S/C12H12ClNO3S2/c1-17-12-7-10(4-5-11(12)13)19(15,16)14-8-9-3-2-6-18-9/h2-7,14H,8H2,1H3. The summed E-state index contributed by atoms with van der Waals surface area (Å²) in [5.74, 6) is 0.334. The molecule has 0 radical (unpaired) electrons. The average Bonchev–Trinajstić information content (AvgIpc) is 2.90. The first-order valence-corrected chi connectivity index (χ1v) is 8.12. The lowest BCUT2D eigenvalue weighted by Gasteiger charge is -2.08. The van der Waals surface area contributed by atoms with Crippen molar-refractivity contribution in [3.8, 4) is 5.75 Å². The number of sulfonamides is 1. The van der Waals surface area contributed by atoms with Crippen molar-refractivity contribution >= 4 is 33.0 Å². The number of ether oxygens (including phenoxy) is 1. The number of hydrogen-bond acceptors (Lipinski definition) is 4. The van der Waals surface area contributed by atoms with Gasteiger partial charge in [-0.15, -0.1) is 11.3 Å². The molecule has 4 nitrogen and oxygen atoms in total. The Morgan fingerprint density at radius 3 is 2.79 bits per heavy atom. The molecular formula is C12H12ClNO3S2. The Morgan fingerprint density at radius 2 is 2.16 bits per heavy atom. The summed E-state index contributed by atoms with van der Waals surface area (Å²) in [6.45, 7) is 0.269. The van der Waals surface area contributed by atoms with Crippen LogP contribution in [0.3, 0.4) is 0 Å². The van der Waals surface area contributed by atoms with E-state index in [0.717, 1.165) is 4.88 Å². The van der Waals surface area contributed by atoms with E-state index in [1.807, 2.05) is 17.5 Å². The van der Waals surface area contributed by atoms with E-state index < -0.39 is 10.0 Å². The second-order valence-corrected chi connectivity index (χ2v) is 6.91. The van der Waals surface area contributed by atoms with Gasteiger partial charge in [-0.05, 0) is 23.6 Å². The minimum atomic E-state index is -3.57. The molecule has 102 valence electrons. The first-order chi connectivity index (χ1) is 9.03. The van der Waals surface area contributed by atoms with E-state index >= 15 is 0 Å². The molecule has 7 heteroatoms. The third-order valence-electron chi connectivity index (χ3n) is 2.45. The first-order valence-electron chi connectivity index (χ1n) is 5.38. The average molecular weight is 318 g/mol. The maximum absolute atomic E-state index is 12.1. The van der Waals surface area contributed by atoms with Crippen LogP contribution in [0.15, 0.2) is 40.6 Å². The van der Waals surface area contributed by atoms with Gasteiger partial charge >= 0.3 is 0 Å². The van der Waals surface area contributed by atoms with Crippen molar-refractivity contribution in [2.45, 2.75) is 11.4 Å². The van der Waals surface area contributed by atoms with Gasteiger partial charge in [0, 0.05) is 17.5 Å². The molecule has 0 aliphatic carbocycles. The van der Waals surface area contributed by atoms with Crippen LogP contribution < -0.4 is 9.46 Å². The summed E-state index contributed by atoms with van der Waals surface area (Å²) in [5.41, 5.74) is 0. The highest BCUT2D eigenvalue weighted by Gasteiger charge is 2.16. The van der Waals surface area contributed by atoms with Crippen molar-refractivity contribution < 1.29 is 13.2 Å². The number of rotatable bonds is 5. The van der Waals surface area contributed by atoms with Gasteiger partial charge in [-0.25, -0.2) is 13.1 Å². The Labute approximate surface area is 121 Å². The predicted molar refractivity (Wildman–Crippen MR) is 76.3 cm³/mol. The normalized spacial score (nSPS) is 11.5. The molecule has 2 rings (SSSR count). The number of methoxy groups -OCH3 is 1. The summed E-state index contributed by atoms with van der Waals surface area (Å²) < 4.78 is 31.7. The third kappa shape index (κ3) is 3.48. The number of benzene rings is 1. The van der Waals surface area contributed by atoms with Crippen LogP contribution >= 0.6 is 22.9 Å². The molecule has 1 heterocycles. The van der Waals surface area contributed by atoms with E-state index in [1.54, 1.807) is 0 Å². The molecule has 0 saturated carbocycles. The number of nitrogens with one attached hydrogen (secondary N) is 1. The zero-order valence-electron chi connectivity index (χ0n) is 10.1. The maximum atomic E-state index is 12.1. The predicted octanol–water partition coefficient (Wildman–Crippen LogP) is 2.89. The molecule has 2 aromatic rings. The third-order valence-corrected chi connectivity index (χ3v) is 5.04. The Bertz CT molecular complexity index is 654. The Hall–Kier alpha value is -1.08. The van der Waals surface area contributed by atoms with Crippen molar-refractivity contribution in [2.75, 3.05) is 7.11 Å². The van der Waals surface area contributed by atoms with E-state index in [2.05, 4.69) is 4.72 Å². The van der Waals surface area contributed by atoms with Crippen molar-refractivity contribution in [3.05, 3.63) is 45.6 Å². The lowest BCUT2D eigenvalue weighted by atomic mass is 10.3. The van der Waals surface area contributed by atoms with Crippen molar-refractivity contribution in [1.29, 1.82) is 0 Å². The lowest BCUT2D eigenvalue weighted by Crippen LogP contribution is -2.22. The van der Waals surface area contributed by atoms with Gasteiger partial charge in [-0.1, -0.05) is 17.7 Å². The molecule has 1 aromatic carbocycles. The summed E-state index contributed by atoms with van der Waals surface area (Å²) in [4.78, 5) is 1.08. The highest BCUT2D eigenvalue weighted by atomic mass is 35.5. The van der Waals surface area contributed by atoms with Gasteiger partial charge in [-0.2, -0.15) is 0 Å². The molecule has 1 N–H and O–H groups in total. The lowest BCUT2D eigenvalue weighted by molar-refractivity contribution is 0.413. The minimum Gasteiger partial charge on any atom is -0.495 e. The van der Waals surface area contributed by atoms with Gasteiger partial charge in [0.25, 0.3) is 0 Å². The van der Waals surface area contributed by atoms with E-state index in [9.17, 15) is 8.42 Å². The molecule has 0 atom stereocenters. The van der Waals surface area contributed by atoms with Gasteiger partial charge in [0.1, 0.15) is 5.75 Å². The first kappa shape index (κ1) is 14.3. The summed E-state index contributed by atoms with van der Waals surface area (Å²) in [6, 6.07) is 8.09. The van der Waals surface area contributed by atoms with E-state index in [4.69, 9.17) is 16.3 Å². The fourth-order valence-corrected chi connectivity index (χ4v) is 3.42. The van der Waals surface area contributed by atoms with Crippen LogP contribution in [0.4, 0.5) is 0 Å². The second-order valence-electron chi connectivity index (χ2n) is 3.70. The monoisotopic (exact) mass is 317 g/mol. The van der Waals surface area contributed by atoms with Crippen LogP contribution in [0, 0.1) is 0 Å². The van der Waals surface area contributed by atoms with Crippen LogP contribution in [0.5, 0.6) is 5.75 Å². The minimum absolute atomic E-state index is 0.130. The largest absolute Gasteiger partial charge is 0.495 e. The van der Waals surface area contributed by atoms with Crippen LogP contribution in [0.1, 0.15) is 4.88 Å². The van der Waals surface area contributed by atoms with Gasteiger partial charge in [0.05, 0.1) is 17.0 Å². The molecule has 0 spiro atoms. The molecule has 0 amide bonds. The topological polar surface area (TPSA) is 55.4 Å². The van der Waals surface area contributed by atoms with Crippen molar-refractivity contribution in [3.63, 3.8) is 0 Å².